The van der Waals surface area contributed by atoms with Gasteiger partial charge in [-0.1, -0.05) is 11.6 Å². The fourth-order valence-electron chi connectivity index (χ4n) is 1.83. The number of benzene rings is 1. The number of carbonyl (C=O) groups excluding carboxylic acids is 1. The van der Waals surface area contributed by atoms with Crippen molar-refractivity contribution in [2.24, 2.45) is 0 Å². The largest absolute Gasteiger partial charge is 0.358 e. The monoisotopic (exact) mass is 250 g/mol. The molecule has 0 aliphatic rings. The van der Waals surface area contributed by atoms with Crippen LogP contribution >= 0.6 is 11.6 Å². The van der Waals surface area contributed by atoms with Crippen molar-refractivity contribution in [3.8, 4) is 0 Å². The molecule has 90 valence electrons. The Hall–Kier alpha value is -1.48. The molecule has 0 atom stereocenters. The summed E-state index contributed by atoms with van der Waals surface area (Å²) in [5.41, 5.74) is 3.51. The molecule has 0 saturated heterocycles. The number of aryl methyl sites for hydroxylation is 1. The third-order valence-electron chi connectivity index (χ3n) is 2.67. The third kappa shape index (κ3) is 3.01. The summed E-state index contributed by atoms with van der Waals surface area (Å²) in [5, 5.41) is 3.96. The Bertz CT molecular complexity index is 533. The van der Waals surface area contributed by atoms with Crippen molar-refractivity contribution in [2.45, 2.75) is 13.3 Å². The molecule has 0 unspecified atom stereocenters. The predicted octanol–water partition coefficient (Wildman–Crippen LogP) is 2.37. The van der Waals surface area contributed by atoms with Crippen LogP contribution in [0.3, 0.4) is 0 Å². The highest BCUT2D eigenvalue weighted by atomic mass is 35.5. The van der Waals surface area contributed by atoms with Gasteiger partial charge in [0.2, 0.25) is 5.91 Å². The van der Waals surface area contributed by atoms with Crippen LogP contribution in [0.5, 0.6) is 0 Å². The Morgan fingerprint density at radius 3 is 3.00 bits per heavy atom. The summed E-state index contributed by atoms with van der Waals surface area (Å²) in [4.78, 5) is 14.3. The molecular weight excluding hydrogens is 236 g/mol. The van der Waals surface area contributed by atoms with Gasteiger partial charge in [-0.3, -0.25) is 4.79 Å². The van der Waals surface area contributed by atoms with Crippen LogP contribution in [0.15, 0.2) is 24.3 Å². The number of alkyl halides is 1. The van der Waals surface area contributed by atoms with E-state index < -0.39 is 0 Å². The van der Waals surface area contributed by atoms with Crippen LogP contribution in [0.2, 0.25) is 0 Å². The first-order chi connectivity index (χ1) is 8.19. The molecular formula is C13H15ClN2O. The van der Waals surface area contributed by atoms with Crippen LogP contribution < -0.4 is 5.32 Å². The van der Waals surface area contributed by atoms with E-state index in [2.05, 4.69) is 41.5 Å². The van der Waals surface area contributed by atoms with Gasteiger partial charge in [-0.05, 0) is 30.5 Å². The molecule has 4 heteroatoms. The van der Waals surface area contributed by atoms with E-state index in [1.807, 2.05) is 0 Å². The summed E-state index contributed by atoms with van der Waals surface area (Å²) in [6, 6.07) is 8.42. The lowest BCUT2D eigenvalue weighted by molar-refractivity contribution is -0.118. The number of fused-ring (bicyclic) bond motifs is 1. The Balaban J connectivity index is 2.02. The average molecular weight is 251 g/mol. The zero-order valence-corrected chi connectivity index (χ0v) is 10.5. The summed E-state index contributed by atoms with van der Waals surface area (Å²) in [5.74, 6) is -0.107. The zero-order valence-electron chi connectivity index (χ0n) is 9.72. The average Bonchev–Trinajstić information content (AvgIpc) is 2.70. The molecule has 17 heavy (non-hydrogen) atoms. The van der Waals surface area contributed by atoms with Gasteiger partial charge >= 0.3 is 0 Å². The minimum absolute atomic E-state index is 0.0197. The molecule has 0 radical (unpaired) electrons. The quantitative estimate of drug-likeness (QED) is 0.804. The van der Waals surface area contributed by atoms with Gasteiger partial charge in [0.15, 0.2) is 0 Å². The Morgan fingerprint density at radius 2 is 2.24 bits per heavy atom. The van der Waals surface area contributed by atoms with Gasteiger partial charge in [0, 0.05) is 24.2 Å². The summed E-state index contributed by atoms with van der Waals surface area (Å²) in [7, 11) is 0. The Labute approximate surface area is 105 Å². The molecule has 2 aromatic rings. The van der Waals surface area contributed by atoms with Crippen molar-refractivity contribution in [1.82, 2.24) is 10.3 Å². The topological polar surface area (TPSA) is 44.9 Å². The fraction of sp³-hybridized carbons (Fsp3) is 0.308. The number of H-pyrrole nitrogens is 1. The number of hydrogen-bond acceptors (Lipinski definition) is 1. The van der Waals surface area contributed by atoms with Gasteiger partial charge in [-0.2, -0.15) is 0 Å². The molecule has 1 amide bonds. The van der Waals surface area contributed by atoms with Crippen LogP contribution in [0, 0.1) is 6.92 Å². The second kappa shape index (κ2) is 5.23. The Morgan fingerprint density at radius 1 is 1.41 bits per heavy atom. The summed E-state index contributed by atoms with van der Waals surface area (Å²) in [6.45, 7) is 2.68. The number of halogens is 1. The van der Waals surface area contributed by atoms with E-state index >= 15 is 0 Å². The zero-order chi connectivity index (χ0) is 12.3. The van der Waals surface area contributed by atoms with E-state index in [-0.39, 0.29) is 11.8 Å². The maximum atomic E-state index is 11.0. The predicted molar refractivity (Wildman–Crippen MR) is 70.5 cm³/mol. The van der Waals surface area contributed by atoms with Gasteiger partial charge in [-0.15, -0.1) is 11.6 Å². The first-order valence-electron chi connectivity index (χ1n) is 5.60. The van der Waals surface area contributed by atoms with Crippen molar-refractivity contribution in [3.05, 3.63) is 35.5 Å². The van der Waals surface area contributed by atoms with Crippen molar-refractivity contribution < 1.29 is 4.79 Å². The molecule has 3 nitrogen and oxygen atoms in total. The van der Waals surface area contributed by atoms with E-state index in [0.29, 0.717) is 6.54 Å². The van der Waals surface area contributed by atoms with Crippen molar-refractivity contribution in [3.63, 3.8) is 0 Å². The first-order valence-corrected chi connectivity index (χ1v) is 6.13. The number of hydrogen-bond donors (Lipinski definition) is 2. The van der Waals surface area contributed by atoms with Gasteiger partial charge in [0.05, 0.1) is 0 Å². The minimum Gasteiger partial charge on any atom is -0.358 e. The third-order valence-corrected chi connectivity index (χ3v) is 2.91. The van der Waals surface area contributed by atoms with Crippen LogP contribution in [0.4, 0.5) is 0 Å². The number of aromatic amines is 1. The highest BCUT2D eigenvalue weighted by Crippen LogP contribution is 2.16. The van der Waals surface area contributed by atoms with Gasteiger partial charge in [0.1, 0.15) is 5.88 Å². The van der Waals surface area contributed by atoms with E-state index in [1.54, 1.807) is 0 Å². The van der Waals surface area contributed by atoms with Crippen molar-refractivity contribution in [1.29, 1.82) is 0 Å². The summed E-state index contributed by atoms with van der Waals surface area (Å²) in [6.07, 6.45) is 0.788. The normalized spacial score (nSPS) is 10.7. The number of carbonyl (C=O) groups is 1. The number of rotatable bonds is 4. The van der Waals surface area contributed by atoms with Crippen LogP contribution in [-0.2, 0) is 11.2 Å². The molecule has 0 saturated carbocycles. The highest BCUT2D eigenvalue weighted by molar-refractivity contribution is 6.27. The molecule has 0 fully saturated rings. The Kier molecular flexibility index (Phi) is 3.69. The van der Waals surface area contributed by atoms with Crippen LogP contribution in [0.25, 0.3) is 10.9 Å². The number of aromatic nitrogens is 1. The molecule has 0 spiro atoms. The lowest BCUT2D eigenvalue weighted by Gasteiger charge is -2.00. The maximum absolute atomic E-state index is 11.0. The van der Waals surface area contributed by atoms with Crippen molar-refractivity contribution >= 4 is 28.4 Å². The van der Waals surface area contributed by atoms with Crippen molar-refractivity contribution in [2.75, 3.05) is 12.4 Å². The summed E-state index contributed by atoms with van der Waals surface area (Å²) >= 11 is 5.40. The minimum atomic E-state index is -0.126. The molecule has 0 aliphatic heterocycles. The van der Waals surface area contributed by atoms with E-state index in [9.17, 15) is 4.79 Å². The molecule has 1 aromatic heterocycles. The molecule has 1 heterocycles. The standard InChI is InChI=1S/C13H15ClN2O/c1-9-2-3-12-10(6-9)7-11(16-12)4-5-15-13(17)8-14/h2-3,6-7,16H,4-5,8H2,1H3,(H,15,17). The van der Waals surface area contributed by atoms with Gasteiger partial charge < -0.3 is 10.3 Å². The lowest BCUT2D eigenvalue weighted by atomic mass is 10.2. The first kappa shape index (κ1) is 12.0. The van der Waals surface area contributed by atoms with E-state index in [4.69, 9.17) is 11.6 Å². The van der Waals surface area contributed by atoms with E-state index in [1.165, 1.54) is 10.9 Å². The molecule has 0 aliphatic carbocycles. The summed E-state index contributed by atoms with van der Waals surface area (Å²) < 4.78 is 0. The van der Waals surface area contributed by atoms with Gasteiger partial charge in [-0.25, -0.2) is 0 Å². The molecule has 2 N–H and O–H groups in total. The molecule has 1 aromatic carbocycles. The highest BCUT2D eigenvalue weighted by Gasteiger charge is 2.02. The maximum Gasteiger partial charge on any atom is 0.234 e. The number of nitrogens with one attached hydrogen (secondary N) is 2. The second-order valence-electron chi connectivity index (χ2n) is 4.12. The van der Waals surface area contributed by atoms with Gasteiger partial charge in [0.25, 0.3) is 0 Å². The lowest BCUT2D eigenvalue weighted by Crippen LogP contribution is -2.26. The SMILES string of the molecule is Cc1ccc2[nH]c(CCNC(=O)CCl)cc2c1. The van der Waals surface area contributed by atoms with Crippen LogP contribution in [-0.4, -0.2) is 23.3 Å². The second-order valence-corrected chi connectivity index (χ2v) is 4.39. The number of amides is 1. The smallest absolute Gasteiger partial charge is 0.234 e. The van der Waals surface area contributed by atoms with E-state index in [0.717, 1.165) is 17.6 Å². The molecule has 0 bridgehead atoms. The molecule has 2 rings (SSSR count). The fourth-order valence-corrected chi connectivity index (χ4v) is 1.93. The van der Waals surface area contributed by atoms with Crippen LogP contribution in [0.1, 0.15) is 11.3 Å².